The minimum absolute atomic E-state index is 0.0755. The summed E-state index contributed by atoms with van der Waals surface area (Å²) in [5.74, 6) is -2.87. The van der Waals surface area contributed by atoms with Crippen LogP contribution in [0.15, 0.2) is 0 Å². The van der Waals surface area contributed by atoms with Crippen molar-refractivity contribution in [3.8, 4) is 0 Å². The summed E-state index contributed by atoms with van der Waals surface area (Å²) in [6, 6.07) is -0.747. The highest BCUT2D eigenvalue weighted by molar-refractivity contribution is 5.89. The van der Waals surface area contributed by atoms with Gasteiger partial charge in [-0.1, -0.05) is 27.2 Å². The summed E-state index contributed by atoms with van der Waals surface area (Å²) >= 11 is 0. The monoisotopic (exact) mass is 244 g/mol. The third-order valence-corrected chi connectivity index (χ3v) is 2.75. The molecular weight excluding hydrogens is 224 g/mol. The summed E-state index contributed by atoms with van der Waals surface area (Å²) in [5.41, 5.74) is 5.19. The zero-order chi connectivity index (χ0) is 13.6. The van der Waals surface area contributed by atoms with Crippen molar-refractivity contribution in [2.24, 2.45) is 17.6 Å². The number of aliphatic carboxylic acids is 1. The maximum atomic E-state index is 11.6. The number of rotatable bonds is 7. The Hall–Kier alpha value is -1.59. The smallest absolute Gasteiger partial charge is 0.304 e. The first-order valence-corrected chi connectivity index (χ1v) is 5.61. The van der Waals surface area contributed by atoms with Gasteiger partial charge in [-0.2, -0.15) is 0 Å². The molecule has 0 aliphatic carbocycles. The van der Waals surface area contributed by atoms with E-state index in [0.29, 0.717) is 6.42 Å². The zero-order valence-corrected chi connectivity index (χ0v) is 10.4. The molecule has 0 aliphatic rings. The predicted octanol–water partition coefficient (Wildman–Crippen LogP) is 0.113. The molecule has 0 heterocycles. The maximum Gasteiger partial charge on any atom is 0.304 e. The highest BCUT2D eigenvalue weighted by atomic mass is 16.4. The number of nitrogens with one attached hydrogen (secondary N) is 1. The fraction of sp³-hybridized carbons (Fsp3) is 0.727. The lowest BCUT2D eigenvalue weighted by atomic mass is 9.97. The number of carboxylic acids is 1. The van der Waals surface area contributed by atoms with Crippen molar-refractivity contribution in [2.45, 2.75) is 39.7 Å². The number of primary amides is 1. The van der Waals surface area contributed by atoms with Gasteiger partial charge in [0.15, 0.2) is 0 Å². The second kappa shape index (κ2) is 6.88. The number of carbonyl (C=O) groups is 3. The molecule has 0 radical (unpaired) electrons. The first kappa shape index (κ1) is 15.4. The Kier molecular flexibility index (Phi) is 6.23. The van der Waals surface area contributed by atoms with E-state index in [9.17, 15) is 14.4 Å². The molecule has 0 saturated heterocycles. The molecule has 0 aromatic heterocycles. The van der Waals surface area contributed by atoms with Crippen molar-refractivity contribution in [3.63, 3.8) is 0 Å². The summed E-state index contributed by atoms with van der Waals surface area (Å²) in [4.78, 5) is 33.3. The molecule has 0 saturated carbocycles. The van der Waals surface area contributed by atoms with Crippen LogP contribution in [0.1, 0.15) is 33.6 Å². The zero-order valence-electron chi connectivity index (χ0n) is 10.4. The molecule has 98 valence electrons. The van der Waals surface area contributed by atoms with Gasteiger partial charge in [0.1, 0.15) is 6.04 Å². The molecule has 0 bridgehead atoms. The Labute approximate surface area is 101 Å². The van der Waals surface area contributed by atoms with Crippen LogP contribution in [0.25, 0.3) is 0 Å². The number of hydrogen-bond donors (Lipinski definition) is 3. The summed E-state index contributed by atoms with van der Waals surface area (Å²) in [5, 5.41) is 11.1. The van der Waals surface area contributed by atoms with Crippen LogP contribution in [0.2, 0.25) is 0 Å². The normalized spacial score (nSPS) is 15.7. The maximum absolute atomic E-state index is 11.6. The summed E-state index contributed by atoms with van der Waals surface area (Å²) in [6.45, 7) is 5.18. The van der Waals surface area contributed by atoms with Crippen molar-refractivity contribution in [2.75, 3.05) is 0 Å². The predicted molar refractivity (Wildman–Crippen MR) is 62.0 cm³/mol. The molecule has 3 atom stereocenters. The minimum atomic E-state index is -1.05. The average Bonchev–Trinajstić information content (AvgIpc) is 2.22. The Morgan fingerprint density at radius 3 is 2.18 bits per heavy atom. The van der Waals surface area contributed by atoms with Crippen LogP contribution in [0.4, 0.5) is 0 Å². The van der Waals surface area contributed by atoms with Crippen LogP contribution >= 0.6 is 0 Å². The van der Waals surface area contributed by atoms with Crippen molar-refractivity contribution in [1.82, 2.24) is 5.32 Å². The lowest BCUT2D eigenvalue weighted by molar-refractivity contribution is -0.141. The van der Waals surface area contributed by atoms with Gasteiger partial charge in [-0.15, -0.1) is 0 Å². The summed E-state index contributed by atoms with van der Waals surface area (Å²) in [7, 11) is 0. The van der Waals surface area contributed by atoms with Gasteiger partial charge in [0.2, 0.25) is 11.8 Å². The molecule has 0 aromatic carbocycles. The highest BCUT2D eigenvalue weighted by Crippen LogP contribution is 2.09. The van der Waals surface area contributed by atoms with Crippen LogP contribution in [0.3, 0.4) is 0 Å². The van der Waals surface area contributed by atoms with E-state index in [1.54, 1.807) is 6.92 Å². The number of nitrogens with two attached hydrogens (primary N) is 1. The Balaban J connectivity index is 4.50. The molecule has 0 rings (SSSR count). The van der Waals surface area contributed by atoms with E-state index in [-0.39, 0.29) is 12.3 Å². The highest BCUT2D eigenvalue weighted by Gasteiger charge is 2.26. The number of amides is 2. The summed E-state index contributed by atoms with van der Waals surface area (Å²) < 4.78 is 0. The van der Waals surface area contributed by atoms with E-state index in [4.69, 9.17) is 10.8 Å². The molecule has 6 heteroatoms. The largest absolute Gasteiger partial charge is 0.481 e. The van der Waals surface area contributed by atoms with Gasteiger partial charge in [0.25, 0.3) is 0 Å². The van der Waals surface area contributed by atoms with Crippen molar-refractivity contribution in [1.29, 1.82) is 0 Å². The SMILES string of the molecule is CC[C@H](C)[C@H](NC(=O)[C@@H](C)CC(=O)O)C(N)=O. The molecule has 0 spiro atoms. The van der Waals surface area contributed by atoms with Gasteiger partial charge in [0, 0.05) is 5.92 Å². The Morgan fingerprint density at radius 1 is 1.29 bits per heavy atom. The fourth-order valence-electron chi connectivity index (χ4n) is 1.38. The molecule has 4 N–H and O–H groups in total. The standard InChI is InChI=1S/C11H20N2O4/c1-4-6(2)9(10(12)16)13-11(17)7(3)5-8(14)15/h6-7,9H,4-5H2,1-3H3,(H2,12,16)(H,13,17)(H,14,15)/t6-,7-,9-/m0/s1. The fourth-order valence-corrected chi connectivity index (χ4v) is 1.38. The molecule has 0 unspecified atom stereocenters. The lowest BCUT2D eigenvalue weighted by Crippen LogP contribution is -2.49. The van der Waals surface area contributed by atoms with Crippen LogP contribution in [0, 0.1) is 11.8 Å². The Bertz CT molecular complexity index is 304. The van der Waals surface area contributed by atoms with E-state index in [1.807, 2.05) is 6.92 Å². The third kappa shape index (κ3) is 5.33. The molecule has 0 fully saturated rings. The van der Waals surface area contributed by atoms with Crippen molar-refractivity contribution < 1.29 is 19.5 Å². The average molecular weight is 244 g/mol. The molecule has 17 heavy (non-hydrogen) atoms. The lowest BCUT2D eigenvalue weighted by Gasteiger charge is -2.22. The quantitative estimate of drug-likeness (QED) is 0.590. The molecule has 0 aromatic rings. The second-order valence-corrected chi connectivity index (χ2v) is 4.27. The molecule has 2 amide bonds. The van der Waals surface area contributed by atoms with Gasteiger partial charge in [-0.25, -0.2) is 0 Å². The topological polar surface area (TPSA) is 109 Å². The van der Waals surface area contributed by atoms with E-state index >= 15 is 0 Å². The van der Waals surface area contributed by atoms with E-state index in [0.717, 1.165) is 0 Å². The molecule has 0 aliphatic heterocycles. The summed E-state index contributed by atoms with van der Waals surface area (Å²) in [6.07, 6.45) is 0.430. The van der Waals surface area contributed by atoms with Gasteiger partial charge in [-0.05, 0) is 5.92 Å². The first-order chi connectivity index (χ1) is 7.79. The van der Waals surface area contributed by atoms with Crippen molar-refractivity contribution in [3.05, 3.63) is 0 Å². The second-order valence-electron chi connectivity index (χ2n) is 4.27. The first-order valence-electron chi connectivity index (χ1n) is 5.61. The van der Waals surface area contributed by atoms with E-state index in [2.05, 4.69) is 5.32 Å². The van der Waals surface area contributed by atoms with Gasteiger partial charge < -0.3 is 16.2 Å². The van der Waals surface area contributed by atoms with Crippen LogP contribution < -0.4 is 11.1 Å². The van der Waals surface area contributed by atoms with Gasteiger partial charge >= 0.3 is 5.97 Å². The van der Waals surface area contributed by atoms with Crippen LogP contribution in [-0.2, 0) is 14.4 Å². The van der Waals surface area contributed by atoms with Gasteiger partial charge in [-0.3, -0.25) is 14.4 Å². The number of hydrogen-bond acceptors (Lipinski definition) is 3. The van der Waals surface area contributed by atoms with E-state index in [1.165, 1.54) is 6.92 Å². The van der Waals surface area contributed by atoms with Gasteiger partial charge in [0.05, 0.1) is 6.42 Å². The van der Waals surface area contributed by atoms with Crippen LogP contribution in [0.5, 0.6) is 0 Å². The number of carbonyl (C=O) groups excluding carboxylic acids is 2. The number of carboxylic acid groups (broad SMARTS) is 1. The van der Waals surface area contributed by atoms with E-state index < -0.39 is 29.7 Å². The minimum Gasteiger partial charge on any atom is -0.481 e. The molecular formula is C11H20N2O4. The Morgan fingerprint density at radius 2 is 1.82 bits per heavy atom. The third-order valence-electron chi connectivity index (χ3n) is 2.75. The van der Waals surface area contributed by atoms with Crippen LogP contribution in [-0.4, -0.2) is 28.9 Å². The van der Waals surface area contributed by atoms with Crippen molar-refractivity contribution >= 4 is 17.8 Å². The molecule has 6 nitrogen and oxygen atoms in total.